The van der Waals surface area contributed by atoms with Crippen molar-refractivity contribution in [2.45, 2.75) is 6.92 Å². The molecule has 0 fully saturated rings. The van der Waals surface area contributed by atoms with Crippen LogP contribution in [0.1, 0.15) is 6.92 Å². The summed E-state index contributed by atoms with van der Waals surface area (Å²) in [6.45, 7) is 2.18. The predicted octanol–water partition coefficient (Wildman–Crippen LogP) is 0.243. The Morgan fingerprint density at radius 1 is 1.90 bits per heavy atom. The number of hydrogen-bond acceptors (Lipinski definition) is 3. The first-order valence-electron chi connectivity index (χ1n) is 3.03. The van der Waals surface area contributed by atoms with Gasteiger partial charge in [-0.3, -0.25) is 9.52 Å². The fourth-order valence-electron chi connectivity index (χ4n) is 0.625. The van der Waals surface area contributed by atoms with Gasteiger partial charge in [-0.15, -0.1) is 0 Å². The van der Waals surface area contributed by atoms with Crippen molar-refractivity contribution in [3.8, 4) is 0 Å². The third-order valence-corrected chi connectivity index (χ3v) is 2.17. The molecule has 1 heterocycles. The van der Waals surface area contributed by atoms with Crippen LogP contribution in [0, 0.1) is 5.41 Å². The minimum atomic E-state index is -0.495. The molecule has 0 saturated carbocycles. The third kappa shape index (κ3) is 1.17. The lowest BCUT2D eigenvalue weighted by Gasteiger charge is -2.24. The molecule has 1 unspecified atom stereocenters. The summed E-state index contributed by atoms with van der Waals surface area (Å²) in [6.07, 6.45) is 1.83. The lowest BCUT2D eigenvalue weighted by atomic mass is 9.90. The Morgan fingerprint density at radius 2 is 2.60 bits per heavy atom. The molecule has 3 nitrogen and oxygen atoms in total. The number of hydrogen-bond donors (Lipinski definition) is 2. The Balaban J connectivity index is 2.81. The molecule has 0 aliphatic carbocycles. The minimum absolute atomic E-state index is 0.0116. The Bertz CT molecular complexity index is 181. The van der Waals surface area contributed by atoms with Gasteiger partial charge in [-0.2, -0.15) is 0 Å². The summed E-state index contributed by atoms with van der Waals surface area (Å²) < 4.78 is 2.63. The van der Waals surface area contributed by atoms with Crippen LogP contribution in [0.5, 0.6) is 0 Å². The van der Waals surface area contributed by atoms with E-state index in [0.717, 1.165) is 0 Å². The summed E-state index contributed by atoms with van der Waals surface area (Å²) in [5, 5.41) is 1.84. The van der Waals surface area contributed by atoms with Crippen LogP contribution in [0.25, 0.3) is 0 Å². The van der Waals surface area contributed by atoms with Gasteiger partial charge in [0.2, 0.25) is 5.91 Å². The second-order valence-corrected chi connectivity index (χ2v) is 3.19. The van der Waals surface area contributed by atoms with Gasteiger partial charge in [0.1, 0.15) is 0 Å². The van der Waals surface area contributed by atoms with Gasteiger partial charge < -0.3 is 5.73 Å². The molecule has 0 radical (unpaired) electrons. The fourth-order valence-corrected chi connectivity index (χ4v) is 1.40. The van der Waals surface area contributed by atoms with Crippen molar-refractivity contribution in [3.63, 3.8) is 0 Å². The molecule has 56 valence electrons. The molecule has 3 N–H and O–H groups in total. The normalized spacial score (nSPS) is 32.0. The lowest BCUT2D eigenvalue weighted by Crippen LogP contribution is -2.41. The van der Waals surface area contributed by atoms with Crippen LogP contribution in [0.15, 0.2) is 11.5 Å². The predicted molar refractivity (Wildman–Crippen MR) is 42.0 cm³/mol. The van der Waals surface area contributed by atoms with E-state index in [1.54, 1.807) is 0 Å². The van der Waals surface area contributed by atoms with Gasteiger partial charge in [-0.05, 0) is 24.3 Å². The van der Waals surface area contributed by atoms with Gasteiger partial charge in [-0.25, -0.2) is 0 Å². The minimum Gasteiger partial charge on any atom is -0.329 e. The maximum atomic E-state index is 11.1. The van der Waals surface area contributed by atoms with Crippen LogP contribution >= 0.6 is 11.9 Å². The zero-order valence-corrected chi connectivity index (χ0v) is 6.57. The van der Waals surface area contributed by atoms with Gasteiger partial charge >= 0.3 is 0 Å². The molecule has 10 heavy (non-hydrogen) atoms. The van der Waals surface area contributed by atoms with E-state index in [0.29, 0.717) is 6.54 Å². The van der Waals surface area contributed by atoms with Gasteiger partial charge in [-0.1, -0.05) is 6.08 Å². The molecular weight excluding hydrogens is 148 g/mol. The smallest absolute Gasteiger partial charge is 0.241 e. The maximum absolute atomic E-state index is 11.1. The molecule has 1 aliphatic rings. The molecule has 1 atom stereocenters. The van der Waals surface area contributed by atoms with Crippen molar-refractivity contribution in [2.75, 3.05) is 6.54 Å². The van der Waals surface area contributed by atoms with Crippen molar-refractivity contribution in [1.29, 1.82) is 0 Å². The summed E-state index contributed by atoms with van der Waals surface area (Å²) in [4.78, 5) is 11.1. The van der Waals surface area contributed by atoms with Crippen LogP contribution < -0.4 is 10.5 Å². The first kappa shape index (κ1) is 7.63. The third-order valence-electron chi connectivity index (χ3n) is 1.60. The van der Waals surface area contributed by atoms with Crippen molar-refractivity contribution in [2.24, 2.45) is 11.1 Å². The Kier molecular flexibility index (Phi) is 2.01. The topological polar surface area (TPSA) is 55.1 Å². The number of amides is 1. The van der Waals surface area contributed by atoms with E-state index in [4.69, 9.17) is 5.73 Å². The van der Waals surface area contributed by atoms with Gasteiger partial charge in [0.05, 0.1) is 5.41 Å². The molecule has 1 amide bonds. The van der Waals surface area contributed by atoms with E-state index in [1.807, 2.05) is 18.4 Å². The molecule has 0 aromatic carbocycles. The van der Waals surface area contributed by atoms with Crippen LogP contribution in [0.3, 0.4) is 0 Å². The van der Waals surface area contributed by atoms with E-state index in [2.05, 4.69) is 4.72 Å². The SMILES string of the molecule is CC1(CN)C=CSNC1=O. The Hall–Kier alpha value is -0.480. The van der Waals surface area contributed by atoms with Crippen LogP contribution in [-0.2, 0) is 4.79 Å². The number of nitrogens with one attached hydrogen (secondary N) is 1. The highest BCUT2D eigenvalue weighted by atomic mass is 32.2. The Morgan fingerprint density at radius 3 is 3.00 bits per heavy atom. The van der Waals surface area contributed by atoms with Crippen molar-refractivity contribution in [3.05, 3.63) is 11.5 Å². The largest absolute Gasteiger partial charge is 0.329 e. The molecule has 4 heteroatoms. The number of rotatable bonds is 1. The number of carbonyl (C=O) groups is 1. The first-order valence-corrected chi connectivity index (χ1v) is 3.91. The molecule has 0 aromatic heterocycles. The monoisotopic (exact) mass is 158 g/mol. The molecular formula is C6H10N2OS. The van der Waals surface area contributed by atoms with E-state index < -0.39 is 5.41 Å². The van der Waals surface area contributed by atoms with Crippen molar-refractivity contribution in [1.82, 2.24) is 4.72 Å². The summed E-state index contributed by atoms with van der Waals surface area (Å²) >= 11 is 1.29. The second kappa shape index (κ2) is 2.64. The highest BCUT2D eigenvalue weighted by molar-refractivity contribution is 8.00. The van der Waals surface area contributed by atoms with Gasteiger partial charge in [0.15, 0.2) is 0 Å². The van der Waals surface area contributed by atoms with Crippen LogP contribution in [0.2, 0.25) is 0 Å². The van der Waals surface area contributed by atoms with Gasteiger partial charge in [0, 0.05) is 6.54 Å². The summed E-state index contributed by atoms with van der Waals surface area (Å²) in [6, 6.07) is 0. The molecule has 1 aliphatic heterocycles. The maximum Gasteiger partial charge on any atom is 0.241 e. The van der Waals surface area contributed by atoms with E-state index in [1.165, 1.54) is 11.9 Å². The van der Waals surface area contributed by atoms with E-state index in [-0.39, 0.29) is 5.91 Å². The number of nitrogens with two attached hydrogens (primary N) is 1. The zero-order chi connectivity index (χ0) is 7.61. The summed E-state index contributed by atoms with van der Waals surface area (Å²) in [5.41, 5.74) is 4.91. The average Bonchev–Trinajstić information content (AvgIpc) is 1.96. The second-order valence-electron chi connectivity index (χ2n) is 2.47. The molecule has 1 rings (SSSR count). The summed E-state index contributed by atoms with van der Waals surface area (Å²) in [7, 11) is 0. The number of carbonyl (C=O) groups excluding carboxylic acids is 1. The van der Waals surface area contributed by atoms with E-state index in [9.17, 15) is 4.79 Å². The average molecular weight is 158 g/mol. The van der Waals surface area contributed by atoms with Gasteiger partial charge in [0.25, 0.3) is 0 Å². The fraction of sp³-hybridized carbons (Fsp3) is 0.500. The van der Waals surface area contributed by atoms with E-state index >= 15 is 0 Å². The zero-order valence-electron chi connectivity index (χ0n) is 5.76. The first-order chi connectivity index (χ1) is 4.69. The molecule has 0 saturated heterocycles. The highest BCUT2D eigenvalue weighted by Gasteiger charge is 2.30. The molecule has 0 spiro atoms. The summed E-state index contributed by atoms with van der Waals surface area (Å²) in [5.74, 6) is -0.0116. The highest BCUT2D eigenvalue weighted by Crippen LogP contribution is 2.23. The Labute approximate surface area is 64.2 Å². The quantitative estimate of drug-likeness (QED) is 0.538. The van der Waals surface area contributed by atoms with Crippen molar-refractivity contribution >= 4 is 17.9 Å². The standard InChI is InChI=1S/C6H10N2OS/c1-6(4-7)2-3-10-8-5(6)9/h2-3H,4,7H2,1H3,(H,8,9). The lowest BCUT2D eigenvalue weighted by molar-refractivity contribution is -0.125. The molecule has 0 aromatic rings. The van der Waals surface area contributed by atoms with Crippen LogP contribution in [-0.4, -0.2) is 12.5 Å². The van der Waals surface area contributed by atoms with Crippen LogP contribution in [0.4, 0.5) is 0 Å². The molecule has 0 bridgehead atoms. The van der Waals surface area contributed by atoms with Crippen molar-refractivity contribution < 1.29 is 4.79 Å².